The summed E-state index contributed by atoms with van der Waals surface area (Å²) in [5.41, 5.74) is 0.195. The first-order valence-electron chi connectivity index (χ1n) is 6.53. The second-order valence-electron chi connectivity index (χ2n) is 4.43. The van der Waals surface area contributed by atoms with Gasteiger partial charge in [-0.25, -0.2) is 0 Å². The molecule has 0 radical (unpaired) electrons. The number of pyridine rings is 1. The number of carbonyl (C=O) groups excluding carboxylic acids is 1. The summed E-state index contributed by atoms with van der Waals surface area (Å²) < 4.78 is 0. The van der Waals surface area contributed by atoms with Crippen molar-refractivity contribution in [1.82, 2.24) is 4.98 Å². The highest BCUT2D eigenvalue weighted by atomic mass is 35.5. The molecule has 2 rings (SSSR count). The molecule has 0 unspecified atom stereocenters. The zero-order valence-corrected chi connectivity index (χ0v) is 12.8. The minimum atomic E-state index is -0.717. The first-order chi connectivity index (χ1) is 11.5. The molecule has 0 bridgehead atoms. The molecule has 0 saturated carbocycles. The summed E-state index contributed by atoms with van der Waals surface area (Å²) in [6.07, 6.45) is 4.32. The first-order valence-corrected chi connectivity index (χ1v) is 6.91. The van der Waals surface area contributed by atoms with Crippen LogP contribution in [-0.4, -0.2) is 15.8 Å². The Morgan fingerprint density at radius 2 is 2.17 bits per heavy atom. The number of hydrogen-bond acceptors (Lipinski definition) is 6. The number of hydrogen-bond donors (Lipinski definition) is 2. The highest BCUT2D eigenvalue weighted by molar-refractivity contribution is 6.32. The molecule has 0 saturated heterocycles. The Bertz CT molecular complexity index is 846. The van der Waals surface area contributed by atoms with Gasteiger partial charge in [-0.15, -0.1) is 0 Å². The van der Waals surface area contributed by atoms with Gasteiger partial charge in [-0.05, 0) is 24.3 Å². The maximum atomic E-state index is 12.1. The van der Waals surface area contributed by atoms with Gasteiger partial charge in [-0.3, -0.25) is 19.9 Å². The van der Waals surface area contributed by atoms with Crippen LogP contribution in [0.5, 0.6) is 0 Å². The number of nitrogens with zero attached hydrogens (tertiary/aromatic N) is 3. The zero-order valence-electron chi connectivity index (χ0n) is 12.1. The van der Waals surface area contributed by atoms with Crippen LogP contribution in [0.15, 0.2) is 54.5 Å². The molecule has 0 atom stereocenters. The molecule has 0 fully saturated rings. The number of benzene rings is 1. The SMILES string of the molecule is N#C/C(=C/Nc1cccnc1)C(=O)Nc1ccc(Cl)c([N+](=O)[O-])c1. The van der Waals surface area contributed by atoms with E-state index in [9.17, 15) is 14.9 Å². The van der Waals surface area contributed by atoms with E-state index >= 15 is 0 Å². The van der Waals surface area contributed by atoms with Crippen molar-refractivity contribution in [2.75, 3.05) is 10.6 Å². The molecule has 120 valence electrons. The summed E-state index contributed by atoms with van der Waals surface area (Å²) >= 11 is 5.70. The van der Waals surface area contributed by atoms with Crippen LogP contribution >= 0.6 is 11.6 Å². The maximum absolute atomic E-state index is 12.1. The van der Waals surface area contributed by atoms with Crippen LogP contribution in [0.25, 0.3) is 0 Å². The number of aromatic nitrogens is 1. The quantitative estimate of drug-likeness (QED) is 0.372. The number of anilines is 2. The van der Waals surface area contributed by atoms with E-state index in [1.165, 1.54) is 24.5 Å². The molecule has 2 aromatic rings. The normalized spacial score (nSPS) is 10.6. The lowest BCUT2D eigenvalue weighted by atomic mass is 10.2. The molecule has 0 aliphatic carbocycles. The first kappa shape index (κ1) is 16.9. The van der Waals surface area contributed by atoms with Crippen LogP contribution < -0.4 is 10.6 Å². The van der Waals surface area contributed by atoms with Gasteiger partial charge in [0.2, 0.25) is 0 Å². The Morgan fingerprint density at radius 1 is 1.38 bits per heavy atom. The van der Waals surface area contributed by atoms with E-state index in [1.807, 2.05) is 0 Å². The minimum absolute atomic E-state index is 0.0488. The molecule has 1 heterocycles. The summed E-state index contributed by atoms with van der Waals surface area (Å²) in [5, 5.41) is 25.0. The Labute approximate surface area is 141 Å². The van der Waals surface area contributed by atoms with E-state index in [2.05, 4.69) is 15.6 Å². The van der Waals surface area contributed by atoms with Crippen molar-refractivity contribution in [3.63, 3.8) is 0 Å². The molecule has 24 heavy (non-hydrogen) atoms. The van der Waals surface area contributed by atoms with Crippen LogP contribution in [-0.2, 0) is 4.79 Å². The van der Waals surface area contributed by atoms with Gasteiger partial charge >= 0.3 is 0 Å². The van der Waals surface area contributed by atoms with E-state index < -0.39 is 10.8 Å². The van der Waals surface area contributed by atoms with Crippen molar-refractivity contribution in [2.24, 2.45) is 0 Å². The summed E-state index contributed by atoms with van der Waals surface area (Å²) in [7, 11) is 0. The van der Waals surface area contributed by atoms with Crippen molar-refractivity contribution in [2.45, 2.75) is 0 Å². The van der Waals surface area contributed by atoms with Crippen LogP contribution in [0.4, 0.5) is 17.1 Å². The number of amides is 1. The summed E-state index contributed by atoms with van der Waals surface area (Å²) in [6, 6.07) is 8.95. The molecule has 9 heteroatoms. The molecule has 1 amide bonds. The van der Waals surface area contributed by atoms with Crippen LogP contribution in [0.2, 0.25) is 5.02 Å². The predicted molar refractivity (Wildman–Crippen MR) is 88.3 cm³/mol. The van der Waals surface area contributed by atoms with Crippen LogP contribution in [0.1, 0.15) is 0 Å². The molecule has 0 aliphatic heterocycles. The average Bonchev–Trinajstić information content (AvgIpc) is 2.58. The number of rotatable bonds is 5. The lowest BCUT2D eigenvalue weighted by molar-refractivity contribution is -0.384. The van der Waals surface area contributed by atoms with Gasteiger partial charge in [0.25, 0.3) is 11.6 Å². The van der Waals surface area contributed by atoms with Gasteiger partial charge in [-0.2, -0.15) is 5.26 Å². The monoisotopic (exact) mass is 343 g/mol. The second kappa shape index (κ2) is 7.71. The molecule has 1 aromatic carbocycles. The number of nitro groups is 1. The number of halogens is 1. The fourth-order valence-electron chi connectivity index (χ4n) is 1.68. The van der Waals surface area contributed by atoms with Gasteiger partial charge in [-0.1, -0.05) is 11.6 Å². The third-order valence-electron chi connectivity index (χ3n) is 2.81. The van der Waals surface area contributed by atoms with Gasteiger partial charge in [0.1, 0.15) is 16.7 Å². The second-order valence-corrected chi connectivity index (χ2v) is 4.84. The van der Waals surface area contributed by atoms with Crippen molar-refractivity contribution in [1.29, 1.82) is 5.26 Å². The third kappa shape index (κ3) is 4.28. The van der Waals surface area contributed by atoms with Crippen molar-refractivity contribution in [3.8, 4) is 6.07 Å². The Morgan fingerprint density at radius 3 is 2.79 bits per heavy atom. The number of nitro benzene ring substituents is 1. The standard InChI is InChI=1S/C15H10ClN5O3/c16-13-4-3-11(6-14(13)21(23)24)20-15(22)10(7-17)8-19-12-2-1-5-18-9-12/h1-6,8-9,19H,(H,20,22)/b10-8-. The molecular weight excluding hydrogens is 334 g/mol. The van der Waals surface area contributed by atoms with Crippen molar-refractivity contribution < 1.29 is 9.72 Å². The highest BCUT2D eigenvalue weighted by Gasteiger charge is 2.15. The van der Waals surface area contributed by atoms with Crippen LogP contribution in [0, 0.1) is 21.4 Å². The fraction of sp³-hybridized carbons (Fsp3) is 0. The van der Waals surface area contributed by atoms with Gasteiger partial charge in [0, 0.05) is 24.2 Å². The molecule has 0 aliphatic rings. The van der Waals surface area contributed by atoms with Crippen molar-refractivity contribution >= 4 is 34.6 Å². The average molecular weight is 344 g/mol. The van der Waals surface area contributed by atoms with E-state index in [0.29, 0.717) is 5.69 Å². The maximum Gasteiger partial charge on any atom is 0.289 e. The van der Waals surface area contributed by atoms with E-state index in [0.717, 1.165) is 6.07 Å². The summed E-state index contributed by atoms with van der Waals surface area (Å²) in [4.78, 5) is 26.1. The number of nitrogens with one attached hydrogen (secondary N) is 2. The van der Waals surface area contributed by atoms with Crippen molar-refractivity contribution in [3.05, 3.63) is 69.6 Å². The highest BCUT2D eigenvalue weighted by Crippen LogP contribution is 2.27. The van der Waals surface area contributed by atoms with Gasteiger partial charge < -0.3 is 10.6 Å². The smallest absolute Gasteiger partial charge is 0.289 e. The molecule has 0 spiro atoms. The predicted octanol–water partition coefficient (Wildman–Crippen LogP) is 3.10. The zero-order chi connectivity index (χ0) is 17.5. The van der Waals surface area contributed by atoms with E-state index in [1.54, 1.807) is 24.4 Å². The number of carbonyl (C=O) groups is 1. The Hall–Kier alpha value is -3.44. The lowest BCUT2D eigenvalue weighted by Crippen LogP contribution is -2.14. The third-order valence-corrected chi connectivity index (χ3v) is 3.13. The lowest BCUT2D eigenvalue weighted by Gasteiger charge is -2.05. The summed E-state index contributed by atoms with van der Waals surface area (Å²) in [5.74, 6) is -0.717. The molecular formula is C15H10ClN5O3. The molecule has 2 N–H and O–H groups in total. The Balaban J connectivity index is 2.14. The van der Waals surface area contributed by atoms with Crippen LogP contribution in [0.3, 0.4) is 0 Å². The fourth-order valence-corrected chi connectivity index (χ4v) is 1.87. The van der Waals surface area contributed by atoms with Gasteiger partial charge in [0.05, 0.1) is 16.8 Å². The van der Waals surface area contributed by atoms with E-state index in [-0.39, 0.29) is 22.0 Å². The summed E-state index contributed by atoms with van der Waals surface area (Å²) in [6.45, 7) is 0. The molecule has 1 aromatic heterocycles. The number of nitriles is 1. The van der Waals surface area contributed by atoms with Gasteiger partial charge in [0.15, 0.2) is 0 Å². The van der Waals surface area contributed by atoms with E-state index in [4.69, 9.17) is 16.9 Å². The largest absolute Gasteiger partial charge is 0.359 e. The molecule has 8 nitrogen and oxygen atoms in total. The Kier molecular flexibility index (Phi) is 5.44. The minimum Gasteiger partial charge on any atom is -0.359 e. The topological polar surface area (TPSA) is 121 Å².